The Morgan fingerprint density at radius 1 is 1.50 bits per heavy atom. The molecular formula is C6H15O5P. The van der Waals surface area contributed by atoms with Crippen LogP contribution in [-0.2, 0) is 18.7 Å². The second-order valence-electron chi connectivity index (χ2n) is 2.27. The number of phosphoric acid groups is 1. The molecule has 0 aliphatic carbocycles. The van der Waals surface area contributed by atoms with Crippen molar-refractivity contribution in [2.75, 3.05) is 6.61 Å². The predicted octanol–water partition coefficient (Wildman–Crippen LogP) is 1.87. The second kappa shape index (κ2) is 5.67. The highest BCUT2D eigenvalue weighted by molar-refractivity contribution is 7.47. The molecule has 0 amide bonds. The Kier molecular flexibility index (Phi) is 5.70. The molecule has 0 radical (unpaired) electrons. The van der Waals surface area contributed by atoms with E-state index in [1.165, 1.54) is 0 Å². The summed E-state index contributed by atoms with van der Waals surface area (Å²) in [5.41, 5.74) is 0. The zero-order valence-electron chi connectivity index (χ0n) is 7.52. The maximum atomic E-state index is 10.9. The summed E-state index contributed by atoms with van der Waals surface area (Å²) in [6, 6.07) is 0. The summed E-state index contributed by atoms with van der Waals surface area (Å²) in [4.78, 5) is 13.2. The maximum Gasteiger partial charge on any atom is 0.499 e. The summed E-state index contributed by atoms with van der Waals surface area (Å²) >= 11 is 0. The van der Waals surface area contributed by atoms with E-state index in [2.05, 4.69) is 14.1 Å². The van der Waals surface area contributed by atoms with E-state index in [9.17, 15) is 4.57 Å². The first-order valence-corrected chi connectivity index (χ1v) is 5.33. The molecular weight excluding hydrogens is 183 g/mol. The van der Waals surface area contributed by atoms with E-state index in [0.29, 0.717) is 6.42 Å². The monoisotopic (exact) mass is 198 g/mol. The van der Waals surface area contributed by atoms with Crippen LogP contribution in [0.4, 0.5) is 0 Å². The third kappa shape index (κ3) is 5.69. The minimum absolute atomic E-state index is 0.203. The summed E-state index contributed by atoms with van der Waals surface area (Å²) < 4.78 is 19.7. The topological polar surface area (TPSA) is 65.0 Å². The highest BCUT2D eigenvalue weighted by atomic mass is 31.2. The molecule has 0 aromatic heterocycles. The third-order valence-corrected chi connectivity index (χ3v) is 2.07. The molecule has 2 atom stereocenters. The lowest BCUT2D eigenvalue weighted by Crippen LogP contribution is -2.06. The first kappa shape index (κ1) is 12.1. The predicted molar refractivity (Wildman–Crippen MR) is 43.4 cm³/mol. The van der Waals surface area contributed by atoms with Gasteiger partial charge in [-0.3, -0.25) is 4.52 Å². The fourth-order valence-corrected chi connectivity index (χ4v) is 1.32. The Labute approximate surface area is 72.2 Å². The molecule has 0 aliphatic rings. The average molecular weight is 198 g/mol. The zero-order valence-corrected chi connectivity index (χ0v) is 8.41. The molecule has 0 fully saturated rings. The Morgan fingerprint density at radius 3 is 2.50 bits per heavy atom. The molecule has 0 aromatic carbocycles. The molecule has 0 spiro atoms. The highest BCUT2D eigenvalue weighted by Gasteiger charge is 2.24. The lowest BCUT2D eigenvalue weighted by atomic mass is 10.3. The van der Waals surface area contributed by atoms with Crippen LogP contribution in [0.3, 0.4) is 0 Å². The Hall–Kier alpha value is 0.0700. The van der Waals surface area contributed by atoms with E-state index in [-0.39, 0.29) is 12.7 Å². The average Bonchev–Trinajstić information content (AvgIpc) is 2.00. The van der Waals surface area contributed by atoms with Crippen LogP contribution < -0.4 is 0 Å². The molecule has 0 rings (SSSR count). The van der Waals surface area contributed by atoms with Gasteiger partial charge in [-0.2, -0.15) is 0 Å². The Bertz CT molecular complexity index is 160. The van der Waals surface area contributed by atoms with Crippen LogP contribution in [-0.4, -0.2) is 17.6 Å². The van der Waals surface area contributed by atoms with Crippen molar-refractivity contribution in [2.24, 2.45) is 0 Å². The number of hydrogen-bond acceptors (Lipinski definition) is 4. The quantitative estimate of drug-likeness (QED) is 0.401. The smallest absolute Gasteiger partial charge is 0.301 e. The molecule has 5 nitrogen and oxygen atoms in total. The fourth-order valence-electron chi connectivity index (χ4n) is 0.439. The van der Waals surface area contributed by atoms with Gasteiger partial charge in [0.05, 0.1) is 12.7 Å². The minimum atomic E-state index is -4.00. The molecule has 0 saturated carbocycles. The Balaban J connectivity index is 3.78. The van der Waals surface area contributed by atoms with Crippen LogP contribution in [0, 0.1) is 0 Å². The van der Waals surface area contributed by atoms with Gasteiger partial charge in [-0.25, -0.2) is 9.45 Å². The van der Waals surface area contributed by atoms with Gasteiger partial charge < -0.3 is 4.89 Å². The van der Waals surface area contributed by atoms with Gasteiger partial charge in [0.1, 0.15) is 0 Å². The van der Waals surface area contributed by atoms with Gasteiger partial charge in [0, 0.05) is 0 Å². The summed E-state index contributed by atoms with van der Waals surface area (Å²) in [5, 5.41) is 0. The van der Waals surface area contributed by atoms with Crippen molar-refractivity contribution in [2.45, 2.75) is 33.3 Å². The normalized spacial score (nSPS) is 18.7. The molecule has 0 aromatic rings. The van der Waals surface area contributed by atoms with Crippen LogP contribution >= 0.6 is 7.82 Å². The minimum Gasteiger partial charge on any atom is -0.301 e. The van der Waals surface area contributed by atoms with Gasteiger partial charge in [-0.05, 0) is 20.3 Å². The molecule has 12 heavy (non-hydrogen) atoms. The summed E-state index contributed by atoms with van der Waals surface area (Å²) in [7, 11) is -4.00. The maximum absolute atomic E-state index is 10.9. The highest BCUT2D eigenvalue weighted by Crippen LogP contribution is 2.44. The molecule has 74 valence electrons. The standard InChI is InChI=1S/C6H15O5P/c1-4-6(3)10-12(7,8)11-9-5-2/h6H,4-5H2,1-3H3,(H,7,8). The molecule has 6 heteroatoms. The summed E-state index contributed by atoms with van der Waals surface area (Å²) in [6.07, 6.45) is 0.321. The van der Waals surface area contributed by atoms with E-state index >= 15 is 0 Å². The fraction of sp³-hybridized carbons (Fsp3) is 1.00. The molecule has 2 unspecified atom stereocenters. The van der Waals surface area contributed by atoms with E-state index < -0.39 is 7.82 Å². The van der Waals surface area contributed by atoms with E-state index in [1.54, 1.807) is 13.8 Å². The molecule has 0 aliphatic heterocycles. The van der Waals surface area contributed by atoms with Crippen LogP contribution in [0.25, 0.3) is 0 Å². The first-order chi connectivity index (χ1) is 5.52. The van der Waals surface area contributed by atoms with Gasteiger partial charge in [0.2, 0.25) is 0 Å². The van der Waals surface area contributed by atoms with Gasteiger partial charge in [-0.15, -0.1) is 4.67 Å². The number of phosphoric ester groups is 1. The van der Waals surface area contributed by atoms with Crippen LogP contribution in [0.15, 0.2) is 0 Å². The van der Waals surface area contributed by atoms with E-state index in [4.69, 9.17) is 4.89 Å². The number of hydrogen-bond donors (Lipinski definition) is 1. The second-order valence-corrected chi connectivity index (χ2v) is 3.57. The summed E-state index contributed by atoms with van der Waals surface area (Å²) in [5.74, 6) is 0. The molecule has 0 heterocycles. The molecule has 1 N–H and O–H groups in total. The van der Waals surface area contributed by atoms with Gasteiger partial charge in [0.25, 0.3) is 0 Å². The molecule has 0 saturated heterocycles. The van der Waals surface area contributed by atoms with E-state index in [1.807, 2.05) is 6.92 Å². The SMILES string of the molecule is CCOOP(=O)(O)OC(C)CC. The van der Waals surface area contributed by atoms with Crippen molar-refractivity contribution in [3.8, 4) is 0 Å². The molecule has 0 bridgehead atoms. The van der Waals surface area contributed by atoms with Crippen molar-refractivity contribution in [3.63, 3.8) is 0 Å². The van der Waals surface area contributed by atoms with Crippen molar-refractivity contribution in [3.05, 3.63) is 0 Å². The van der Waals surface area contributed by atoms with Gasteiger partial charge in [-0.1, -0.05) is 6.92 Å². The van der Waals surface area contributed by atoms with E-state index in [0.717, 1.165) is 0 Å². The Morgan fingerprint density at radius 2 is 2.08 bits per heavy atom. The summed E-state index contributed by atoms with van der Waals surface area (Å²) in [6.45, 7) is 5.36. The third-order valence-electron chi connectivity index (χ3n) is 1.15. The van der Waals surface area contributed by atoms with Crippen LogP contribution in [0.2, 0.25) is 0 Å². The van der Waals surface area contributed by atoms with Crippen molar-refractivity contribution < 1.29 is 23.5 Å². The number of rotatable bonds is 6. The van der Waals surface area contributed by atoms with Gasteiger partial charge in [0.15, 0.2) is 0 Å². The lowest BCUT2D eigenvalue weighted by molar-refractivity contribution is -0.221. The van der Waals surface area contributed by atoms with Crippen molar-refractivity contribution in [1.29, 1.82) is 0 Å². The largest absolute Gasteiger partial charge is 0.499 e. The first-order valence-electron chi connectivity index (χ1n) is 3.84. The lowest BCUT2D eigenvalue weighted by Gasteiger charge is -2.14. The zero-order chi connectivity index (χ0) is 9.61. The van der Waals surface area contributed by atoms with Crippen LogP contribution in [0.5, 0.6) is 0 Å². The van der Waals surface area contributed by atoms with Crippen LogP contribution in [0.1, 0.15) is 27.2 Å². The van der Waals surface area contributed by atoms with Gasteiger partial charge >= 0.3 is 7.82 Å². The van der Waals surface area contributed by atoms with Crippen molar-refractivity contribution in [1.82, 2.24) is 0 Å². The van der Waals surface area contributed by atoms with Crippen molar-refractivity contribution >= 4 is 7.82 Å².